The maximum Gasteiger partial charge on any atom is 0.229 e. The summed E-state index contributed by atoms with van der Waals surface area (Å²) in [5, 5.41) is 0.594. The van der Waals surface area contributed by atoms with Crippen molar-refractivity contribution in [2.75, 3.05) is 37.8 Å². The molecule has 1 aliphatic heterocycles. The van der Waals surface area contributed by atoms with Gasteiger partial charge in [-0.25, -0.2) is 4.98 Å². The van der Waals surface area contributed by atoms with Crippen molar-refractivity contribution in [1.29, 1.82) is 0 Å². The van der Waals surface area contributed by atoms with E-state index in [1.54, 1.807) is 30.3 Å². The van der Waals surface area contributed by atoms with Crippen molar-refractivity contribution in [2.24, 2.45) is 0 Å². The van der Waals surface area contributed by atoms with Crippen LogP contribution >= 0.6 is 11.6 Å². The highest BCUT2D eigenvalue weighted by atomic mass is 35.5. The van der Waals surface area contributed by atoms with Crippen LogP contribution in [0.3, 0.4) is 0 Å². The highest BCUT2D eigenvalue weighted by Gasteiger charge is 2.16. The van der Waals surface area contributed by atoms with Crippen molar-refractivity contribution in [1.82, 2.24) is 9.97 Å². The predicted octanol–water partition coefficient (Wildman–Crippen LogP) is 2.79. The van der Waals surface area contributed by atoms with Gasteiger partial charge in [0.05, 0.1) is 13.2 Å². The summed E-state index contributed by atoms with van der Waals surface area (Å²) in [6.07, 6.45) is 0.765. The summed E-state index contributed by atoms with van der Waals surface area (Å²) in [6, 6.07) is 8.52. The van der Waals surface area contributed by atoms with Crippen LogP contribution in [0, 0.1) is 0 Å². The molecular formula is C18H20ClN3O3. The monoisotopic (exact) mass is 361 g/mol. The molecule has 0 N–H and O–H groups in total. The Kier molecular flexibility index (Phi) is 5.83. The summed E-state index contributed by atoms with van der Waals surface area (Å²) in [5.41, 5.74) is 1.44. The van der Waals surface area contributed by atoms with E-state index < -0.39 is 0 Å². The second-order valence-corrected chi connectivity index (χ2v) is 6.11. The number of nitrogens with zero attached hydrogens (tertiary/aromatic N) is 3. The van der Waals surface area contributed by atoms with Crippen molar-refractivity contribution in [3.63, 3.8) is 0 Å². The molecule has 2 heterocycles. The Morgan fingerprint density at radius 2 is 1.96 bits per heavy atom. The Labute approximate surface area is 151 Å². The minimum atomic E-state index is -0.124. The van der Waals surface area contributed by atoms with E-state index >= 15 is 0 Å². The number of carbonyl (C=O) groups excluding carboxylic acids is 1. The van der Waals surface area contributed by atoms with Gasteiger partial charge >= 0.3 is 0 Å². The lowest BCUT2D eigenvalue weighted by Gasteiger charge is -2.27. The van der Waals surface area contributed by atoms with Gasteiger partial charge in [-0.2, -0.15) is 4.98 Å². The fourth-order valence-corrected chi connectivity index (χ4v) is 2.60. The van der Waals surface area contributed by atoms with Gasteiger partial charge in [-0.15, -0.1) is 0 Å². The normalized spacial score (nSPS) is 14.4. The molecule has 1 aliphatic rings. The molecule has 1 aromatic heterocycles. The van der Waals surface area contributed by atoms with Gasteiger partial charge in [-0.1, -0.05) is 18.5 Å². The quantitative estimate of drug-likeness (QED) is 0.737. The number of Topliss-reactive ketones (excluding diaryl/α,β-unsaturated/α-hetero) is 1. The van der Waals surface area contributed by atoms with E-state index in [1.165, 1.54) is 0 Å². The molecule has 0 unspecified atom stereocenters. The number of hydrogen-bond acceptors (Lipinski definition) is 6. The first kappa shape index (κ1) is 17.6. The number of ketones is 1. The zero-order valence-corrected chi connectivity index (χ0v) is 14.8. The first-order valence-corrected chi connectivity index (χ1v) is 8.65. The number of benzene rings is 1. The van der Waals surface area contributed by atoms with E-state index in [1.807, 2.05) is 6.92 Å². The lowest BCUT2D eigenvalue weighted by Crippen LogP contribution is -2.37. The fraction of sp³-hybridized carbons (Fsp3) is 0.389. The number of halogens is 1. The number of rotatable bonds is 6. The van der Waals surface area contributed by atoms with Crippen LogP contribution in [0.2, 0.25) is 5.02 Å². The van der Waals surface area contributed by atoms with E-state index in [4.69, 9.17) is 21.1 Å². The summed E-state index contributed by atoms with van der Waals surface area (Å²) in [4.78, 5) is 23.3. The minimum absolute atomic E-state index is 0.0790. The molecule has 132 valence electrons. The van der Waals surface area contributed by atoms with Crippen molar-refractivity contribution in [2.45, 2.75) is 13.3 Å². The number of aromatic nitrogens is 2. The Hall–Kier alpha value is -2.18. The lowest BCUT2D eigenvalue weighted by atomic mass is 10.1. The number of carbonyl (C=O) groups is 1. The molecule has 0 aliphatic carbocycles. The van der Waals surface area contributed by atoms with Gasteiger partial charge in [0, 0.05) is 35.4 Å². The molecular weight excluding hydrogens is 342 g/mol. The van der Waals surface area contributed by atoms with Crippen LogP contribution in [0.4, 0.5) is 5.95 Å². The summed E-state index contributed by atoms with van der Waals surface area (Å²) in [5.74, 6) is 0.911. The zero-order valence-electron chi connectivity index (χ0n) is 14.1. The molecule has 1 aromatic carbocycles. The van der Waals surface area contributed by atoms with Gasteiger partial charge in [0.25, 0.3) is 0 Å². The summed E-state index contributed by atoms with van der Waals surface area (Å²) < 4.78 is 11.0. The van der Waals surface area contributed by atoms with Gasteiger partial charge < -0.3 is 14.4 Å². The molecule has 0 radical (unpaired) electrons. The first-order valence-electron chi connectivity index (χ1n) is 8.28. The third-order valence-corrected chi connectivity index (χ3v) is 4.17. The maximum absolute atomic E-state index is 12.2. The van der Waals surface area contributed by atoms with Gasteiger partial charge in [-0.05, 0) is 30.7 Å². The summed E-state index contributed by atoms with van der Waals surface area (Å²) in [7, 11) is 0. The van der Waals surface area contributed by atoms with Crippen LogP contribution in [-0.4, -0.2) is 48.7 Å². The molecule has 0 bridgehead atoms. The van der Waals surface area contributed by atoms with Crippen molar-refractivity contribution >= 4 is 23.3 Å². The maximum atomic E-state index is 12.2. The van der Waals surface area contributed by atoms with Crippen LogP contribution in [0.1, 0.15) is 23.0 Å². The van der Waals surface area contributed by atoms with E-state index in [0.717, 1.165) is 25.2 Å². The van der Waals surface area contributed by atoms with E-state index in [0.29, 0.717) is 35.6 Å². The SMILES string of the molecule is CCc1cc(OCC(=O)c2ccc(Cl)cc2)nc(N2CCOCC2)n1. The third-order valence-electron chi connectivity index (χ3n) is 3.92. The zero-order chi connectivity index (χ0) is 17.6. The van der Waals surface area contributed by atoms with E-state index in [-0.39, 0.29) is 12.4 Å². The Morgan fingerprint density at radius 3 is 2.64 bits per heavy atom. The smallest absolute Gasteiger partial charge is 0.229 e. The van der Waals surface area contributed by atoms with Gasteiger partial charge in [-0.3, -0.25) is 4.79 Å². The molecule has 3 rings (SSSR count). The number of morpholine rings is 1. The number of ether oxygens (including phenoxy) is 2. The molecule has 7 heteroatoms. The molecule has 6 nitrogen and oxygen atoms in total. The second-order valence-electron chi connectivity index (χ2n) is 5.67. The second kappa shape index (κ2) is 8.27. The molecule has 1 saturated heterocycles. The van der Waals surface area contributed by atoms with Crippen LogP contribution in [0.25, 0.3) is 0 Å². The lowest BCUT2D eigenvalue weighted by molar-refractivity contribution is 0.0917. The topological polar surface area (TPSA) is 64.5 Å². The average Bonchev–Trinajstić information content (AvgIpc) is 2.67. The largest absolute Gasteiger partial charge is 0.469 e. The molecule has 2 aromatic rings. The number of hydrogen-bond donors (Lipinski definition) is 0. The van der Waals surface area contributed by atoms with Crippen LogP contribution in [0.15, 0.2) is 30.3 Å². The fourth-order valence-electron chi connectivity index (χ4n) is 2.48. The third kappa shape index (κ3) is 4.67. The standard InChI is InChI=1S/C18H20ClN3O3/c1-2-15-11-17(21-18(20-15)22-7-9-24-10-8-22)25-12-16(23)13-3-5-14(19)6-4-13/h3-6,11H,2,7-10,12H2,1H3. The van der Waals surface area contributed by atoms with Crippen LogP contribution in [0.5, 0.6) is 5.88 Å². The van der Waals surface area contributed by atoms with Crippen molar-refractivity contribution < 1.29 is 14.3 Å². The molecule has 0 saturated carbocycles. The molecule has 0 amide bonds. The summed E-state index contributed by atoms with van der Waals surface area (Å²) >= 11 is 5.84. The number of aryl methyl sites for hydroxylation is 1. The summed E-state index contributed by atoms with van der Waals surface area (Å²) in [6.45, 7) is 4.75. The Morgan fingerprint density at radius 1 is 1.24 bits per heavy atom. The van der Waals surface area contributed by atoms with Gasteiger partial charge in [0.1, 0.15) is 0 Å². The molecule has 1 fully saturated rings. The van der Waals surface area contributed by atoms with E-state index in [2.05, 4.69) is 14.9 Å². The van der Waals surface area contributed by atoms with Crippen LogP contribution in [-0.2, 0) is 11.2 Å². The van der Waals surface area contributed by atoms with Crippen molar-refractivity contribution in [3.05, 3.63) is 46.6 Å². The molecule has 25 heavy (non-hydrogen) atoms. The average molecular weight is 362 g/mol. The highest BCUT2D eigenvalue weighted by molar-refractivity contribution is 6.30. The van der Waals surface area contributed by atoms with Gasteiger partial charge in [0.2, 0.25) is 11.8 Å². The van der Waals surface area contributed by atoms with Crippen LogP contribution < -0.4 is 9.64 Å². The Bertz CT molecular complexity index is 731. The first-order chi connectivity index (χ1) is 12.2. The Balaban J connectivity index is 1.70. The molecule has 0 spiro atoms. The highest BCUT2D eigenvalue weighted by Crippen LogP contribution is 2.18. The van der Waals surface area contributed by atoms with E-state index in [9.17, 15) is 4.79 Å². The van der Waals surface area contributed by atoms with Gasteiger partial charge in [0.15, 0.2) is 12.4 Å². The molecule has 0 atom stereocenters. The number of anilines is 1. The van der Waals surface area contributed by atoms with Crippen molar-refractivity contribution in [3.8, 4) is 5.88 Å². The minimum Gasteiger partial charge on any atom is -0.469 e. The predicted molar refractivity (Wildman–Crippen MR) is 95.7 cm³/mol.